The van der Waals surface area contributed by atoms with Gasteiger partial charge in [0.25, 0.3) is 0 Å². The predicted octanol–water partition coefficient (Wildman–Crippen LogP) is 4.03. The lowest BCUT2D eigenvalue weighted by Gasteiger charge is -2.25. The van der Waals surface area contributed by atoms with Crippen molar-refractivity contribution in [2.75, 3.05) is 11.9 Å². The Morgan fingerprint density at radius 1 is 1.20 bits per heavy atom. The van der Waals surface area contributed by atoms with E-state index in [1.807, 2.05) is 30.3 Å². The number of benzene rings is 2. The lowest BCUT2D eigenvalue weighted by Crippen LogP contribution is -2.23. The highest BCUT2D eigenvalue weighted by Gasteiger charge is 2.25. The van der Waals surface area contributed by atoms with Gasteiger partial charge in [0.2, 0.25) is 5.89 Å². The van der Waals surface area contributed by atoms with Gasteiger partial charge in [0, 0.05) is 5.02 Å². The third kappa shape index (κ3) is 1.89. The SMILES string of the molecule is Clc1ccc2oc(C3CNc4ccccc4O3)nc2c1. The van der Waals surface area contributed by atoms with Gasteiger partial charge in [-0.3, -0.25) is 0 Å². The molecule has 0 radical (unpaired) electrons. The second-order valence-corrected chi connectivity index (χ2v) is 5.08. The molecule has 0 saturated carbocycles. The topological polar surface area (TPSA) is 47.3 Å². The summed E-state index contributed by atoms with van der Waals surface area (Å²) in [5.74, 6) is 1.37. The van der Waals surface area contributed by atoms with Crippen LogP contribution in [0.25, 0.3) is 11.1 Å². The second kappa shape index (κ2) is 4.42. The molecule has 0 amide bonds. The van der Waals surface area contributed by atoms with Crippen LogP contribution in [0.15, 0.2) is 46.9 Å². The molecule has 1 unspecified atom stereocenters. The maximum atomic E-state index is 5.96. The molecule has 0 bridgehead atoms. The number of hydrogen-bond acceptors (Lipinski definition) is 4. The van der Waals surface area contributed by atoms with Crippen molar-refractivity contribution in [1.29, 1.82) is 0 Å². The molecule has 1 aliphatic rings. The van der Waals surface area contributed by atoms with E-state index in [2.05, 4.69) is 10.3 Å². The van der Waals surface area contributed by atoms with Gasteiger partial charge in [-0.2, -0.15) is 0 Å². The van der Waals surface area contributed by atoms with E-state index >= 15 is 0 Å². The van der Waals surface area contributed by atoms with Crippen molar-refractivity contribution in [3.63, 3.8) is 0 Å². The van der Waals surface area contributed by atoms with E-state index in [-0.39, 0.29) is 6.10 Å². The van der Waals surface area contributed by atoms with E-state index in [9.17, 15) is 0 Å². The number of nitrogens with zero attached hydrogens (tertiary/aromatic N) is 1. The van der Waals surface area contributed by atoms with Gasteiger partial charge in [0.1, 0.15) is 11.3 Å². The number of aromatic nitrogens is 1. The number of para-hydroxylation sites is 2. The Labute approximate surface area is 120 Å². The first kappa shape index (κ1) is 11.6. The van der Waals surface area contributed by atoms with E-state index in [0.717, 1.165) is 17.0 Å². The van der Waals surface area contributed by atoms with Gasteiger partial charge < -0.3 is 14.5 Å². The number of halogens is 1. The van der Waals surface area contributed by atoms with Crippen molar-refractivity contribution in [1.82, 2.24) is 4.98 Å². The summed E-state index contributed by atoms with van der Waals surface area (Å²) in [6.45, 7) is 0.623. The second-order valence-electron chi connectivity index (χ2n) is 4.65. The van der Waals surface area contributed by atoms with Gasteiger partial charge in [0.05, 0.1) is 12.2 Å². The molecule has 3 aromatic rings. The van der Waals surface area contributed by atoms with Crippen molar-refractivity contribution in [3.8, 4) is 5.75 Å². The molecule has 20 heavy (non-hydrogen) atoms. The highest BCUT2D eigenvalue weighted by atomic mass is 35.5. The van der Waals surface area contributed by atoms with Gasteiger partial charge >= 0.3 is 0 Å². The molecule has 0 spiro atoms. The molecular formula is C15H11ClN2O2. The normalized spacial score (nSPS) is 17.4. The Kier molecular flexibility index (Phi) is 2.57. The number of rotatable bonds is 1. The lowest BCUT2D eigenvalue weighted by atomic mass is 10.2. The minimum absolute atomic E-state index is 0.240. The van der Waals surface area contributed by atoms with Crippen LogP contribution in [-0.2, 0) is 0 Å². The molecule has 2 heterocycles. The van der Waals surface area contributed by atoms with Crippen LogP contribution < -0.4 is 10.1 Å². The third-order valence-corrected chi connectivity index (χ3v) is 3.51. The first-order valence-corrected chi connectivity index (χ1v) is 6.73. The zero-order valence-corrected chi connectivity index (χ0v) is 11.2. The molecular weight excluding hydrogens is 276 g/mol. The zero-order chi connectivity index (χ0) is 13.5. The molecule has 0 saturated heterocycles. The monoisotopic (exact) mass is 286 g/mol. The highest BCUT2D eigenvalue weighted by molar-refractivity contribution is 6.31. The summed E-state index contributed by atoms with van der Waals surface area (Å²) in [6, 6.07) is 13.2. The van der Waals surface area contributed by atoms with Gasteiger partial charge in [-0.25, -0.2) is 4.98 Å². The summed E-state index contributed by atoms with van der Waals surface area (Å²) in [6.07, 6.45) is -0.240. The Balaban J connectivity index is 1.70. The maximum absolute atomic E-state index is 5.96. The molecule has 2 aromatic carbocycles. The predicted molar refractivity (Wildman–Crippen MR) is 77.3 cm³/mol. The van der Waals surface area contributed by atoms with Gasteiger partial charge in [-0.15, -0.1) is 0 Å². The number of hydrogen-bond donors (Lipinski definition) is 1. The summed E-state index contributed by atoms with van der Waals surface area (Å²) < 4.78 is 11.7. The molecule has 4 rings (SSSR count). The first-order valence-electron chi connectivity index (χ1n) is 6.35. The van der Waals surface area contributed by atoms with Gasteiger partial charge in [0.15, 0.2) is 11.7 Å². The molecule has 4 nitrogen and oxygen atoms in total. The number of fused-ring (bicyclic) bond motifs is 2. The van der Waals surface area contributed by atoms with Crippen molar-refractivity contribution in [3.05, 3.63) is 53.4 Å². The fraction of sp³-hybridized carbons (Fsp3) is 0.133. The summed E-state index contributed by atoms with van der Waals surface area (Å²) in [7, 11) is 0. The number of oxazole rings is 1. The Bertz CT molecular complexity index is 784. The fourth-order valence-corrected chi connectivity index (χ4v) is 2.47. The summed E-state index contributed by atoms with van der Waals surface area (Å²) in [5.41, 5.74) is 2.45. The summed E-state index contributed by atoms with van der Waals surface area (Å²) in [4.78, 5) is 4.45. The van der Waals surface area contributed by atoms with Crippen LogP contribution in [0, 0.1) is 0 Å². The van der Waals surface area contributed by atoms with Gasteiger partial charge in [-0.05, 0) is 30.3 Å². The third-order valence-electron chi connectivity index (χ3n) is 3.28. The minimum atomic E-state index is -0.240. The zero-order valence-electron chi connectivity index (χ0n) is 10.5. The molecule has 1 N–H and O–H groups in total. The van der Waals surface area contributed by atoms with Crippen LogP contribution in [-0.4, -0.2) is 11.5 Å². The summed E-state index contributed by atoms with van der Waals surface area (Å²) in [5, 5.41) is 3.96. The maximum Gasteiger partial charge on any atom is 0.238 e. The molecule has 0 aliphatic carbocycles. The Morgan fingerprint density at radius 2 is 2.10 bits per heavy atom. The Morgan fingerprint density at radius 3 is 3.05 bits per heavy atom. The van der Waals surface area contributed by atoms with E-state index in [1.165, 1.54) is 0 Å². The van der Waals surface area contributed by atoms with Crippen LogP contribution in [0.1, 0.15) is 12.0 Å². The van der Waals surface area contributed by atoms with E-state index in [0.29, 0.717) is 23.0 Å². The number of nitrogens with one attached hydrogen (secondary N) is 1. The quantitative estimate of drug-likeness (QED) is 0.734. The van der Waals surface area contributed by atoms with E-state index < -0.39 is 0 Å². The van der Waals surface area contributed by atoms with Crippen LogP contribution in [0.4, 0.5) is 5.69 Å². The van der Waals surface area contributed by atoms with Crippen LogP contribution >= 0.6 is 11.6 Å². The Hall–Kier alpha value is -2.20. The van der Waals surface area contributed by atoms with Crippen LogP contribution in [0.2, 0.25) is 5.02 Å². The van der Waals surface area contributed by atoms with E-state index in [4.69, 9.17) is 20.8 Å². The minimum Gasteiger partial charge on any atom is -0.477 e. The van der Waals surface area contributed by atoms with Crippen molar-refractivity contribution in [2.24, 2.45) is 0 Å². The average molecular weight is 287 g/mol. The van der Waals surface area contributed by atoms with Crippen molar-refractivity contribution in [2.45, 2.75) is 6.10 Å². The molecule has 100 valence electrons. The van der Waals surface area contributed by atoms with Crippen LogP contribution in [0.5, 0.6) is 5.75 Å². The summed E-state index contributed by atoms with van der Waals surface area (Å²) >= 11 is 5.96. The smallest absolute Gasteiger partial charge is 0.238 e. The van der Waals surface area contributed by atoms with Crippen molar-refractivity contribution >= 4 is 28.4 Å². The largest absolute Gasteiger partial charge is 0.477 e. The van der Waals surface area contributed by atoms with Gasteiger partial charge in [-0.1, -0.05) is 23.7 Å². The first-order chi connectivity index (χ1) is 9.79. The molecule has 1 atom stereocenters. The molecule has 1 aliphatic heterocycles. The van der Waals surface area contributed by atoms with Crippen LogP contribution in [0.3, 0.4) is 0 Å². The highest BCUT2D eigenvalue weighted by Crippen LogP contribution is 2.34. The van der Waals surface area contributed by atoms with Crippen molar-refractivity contribution < 1.29 is 9.15 Å². The lowest BCUT2D eigenvalue weighted by molar-refractivity contribution is 0.177. The van der Waals surface area contributed by atoms with E-state index in [1.54, 1.807) is 12.1 Å². The fourth-order valence-electron chi connectivity index (χ4n) is 2.31. The molecule has 1 aromatic heterocycles. The molecule has 0 fully saturated rings. The average Bonchev–Trinajstić information content (AvgIpc) is 2.89. The number of anilines is 1. The molecule has 5 heteroatoms. The standard InChI is InChI=1S/C15H11ClN2O2/c16-9-5-6-13-11(7-9)18-15(20-13)14-8-17-10-3-1-2-4-12(10)19-14/h1-7,14,17H,8H2. The number of ether oxygens (including phenoxy) is 1.